The summed E-state index contributed by atoms with van der Waals surface area (Å²) in [4.78, 5) is 18.1. The minimum atomic E-state index is -0.248. The van der Waals surface area contributed by atoms with Crippen molar-refractivity contribution in [3.05, 3.63) is 16.7 Å². The molecule has 1 aromatic rings. The Hall–Kier alpha value is -1.52. The summed E-state index contributed by atoms with van der Waals surface area (Å²) in [5.41, 5.74) is 0.119. The maximum atomic E-state index is 11.5. The zero-order chi connectivity index (χ0) is 12.5. The lowest BCUT2D eigenvalue weighted by Gasteiger charge is -2.18. The van der Waals surface area contributed by atoms with Gasteiger partial charge in [-0.1, -0.05) is 13.8 Å². The first-order chi connectivity index (χ1) is 8.02. The van der Waals surface area contributed by atoms with Crippen LogP contribution in [-0.4, -0.2) is 23.1 Å². The summed E-state index contributed by atoms with van der Waals surface area (Å²) < 4.78 is 5.07. The molecule has 1 aliphatic carbocycles. The fraction of sp³-hybridized carbons (Fsp3) is 0.667. The van der Waals surface area contributed by atoms with E-state index in [1.54, 1.807) is 0 Å². The second kappa shape index (κ2) is 4.39. The molecule has 1 saturated carbocycles. The molecule has 0 aliphatic heterocycles. The van der Waals surface area contributed by atoms with Gasteiger partial charge < -0.3 is 15.0 Å². The minimum Gasteiger partial charge on any atom is -0.489 e. The van der Waals surface area contributed by atoms with Gasteiger partial charge in [0.1, 0.15) is 0 Å². The number of aromatic nitrogens is 2. The van der Waals surface area contributed by atoms with E-state index in [9.17, 15) is 4.79 Å². The zero-order valence-electron chi connectivity index (χ0n) is 10.5. The van der Waals surface area contributed by atoms with Crippen molar-refractivity contribution in [1.82, 2.24) is 9.97 Å². The van der Waals surface area contributed by atoms with Crippen molar-refractivity contribution in [2.24, 2.45) is 5.41 Å². The smallest absolute Gasteiger partial charge is 0.295 e. The average Bonchev–Trinajstić information content (AvgIpc) is 2.58. The predicted octanol–water partition coefficient (Wildman–Crippen LogP) is 1.77. The van der Waals surface area contributed by atoms with E-state index < -0.39 is 0 Å². The van der Waals surface area contributed by atoms with Crippen LogP contribution >= 0.6 is 0 Å². The molecule has 0 spiro atoms. The molecule has 1 aromatic heterocycles. The molecule has 2 N–H and O–H groups in total. The normalized spacial score (nSPS) is 22.4. The van der Waals surface area contributed by atoms with Crippen LogP contribution < -0.4 is 15.6 Å². The molecule has 17 heavy (non-hydrogen) atoms. The third kappa shape index (κ3) is 2.60. The average molecular weight is 237 g/mol. The first kappa shape index (κ1) is 12.0. The number of aromatic amines is 1. The molecule has 0 saturated heterocycles. The maximum absolute atomic E-state index is 11.5. The van der Waals surface area contributed by atoms with Gasteiger partial charge in [-0.05, 0) is 24.7 Å². The Labute approximate surface area is 101 Å². The van der Waals surface area contributed by atoms with E-state index in [0.717, 1.165) is 12.8 Å². The molecule has 1 fully saturated rings. The van der Waals surface area contributed by atoms with Crippen LogP contribution in [0.15, 0.2) is 11.1 Å². The molecule has 5 nitrogen and oxygen atoms in total. The fourth-order valence-electron chi connectivity index (χ4n) is 2.43. The van der Waals surface area contributed by atoms with E-state index in [-0.39, 0.29) is 11.3 Å². The van der Waals surface area contributed by atoms with Gasteiger partial charge in [0.05, 0.1) is 13.4 Å². The second-order valence-corrected chi connectivity index (χ2v) is 5.36. The number of hydrogen-bond acceptors (Lipinski definition) is 4. The minimum absolute atomic E-state index is 0.248. The molecule has 0 bridgehead atoms. The monoisotopic (exact) mass is 237 g/mol. The lowest BCUT2D eigenvalue weighted by atomic mass is 9.92. The summed E-state index contributed by atoms with van der Waals surface area (Å²) in [6.45, 7) is 4.52. The molecule has 0 aromatic carbocycles. The van der Waals surface area contributed by atoms with Crippen molar-refractivity contribution in [2.75, 3.05) is 12.4 Å². The van der Waals surface area contributed by atoms with Crippen LogP contribution in [0.1, 0.15) is 33.1 Å². The number of H-pyrrole nitrogens is 1. The molecule has 5 heteroatoms. The van der Waals surface area contributed by atoms with Gasteiger partial charge in [0, 0.05) is 6.04 Å². The molecule has 1 atom stereocenters. The van der Waals surface area contributed by atoms with Gasteiger partial charge in [-0.25, -0.2) is 4.98 Å². The van der Waals surface area contributed by atoms with Crippen molar-refractivity contribution >= 4 is 5.82 Å². The van der Waals surface area contributed by atoms with Gasteiger partial charge in [0.15, 0.2) is 5.82 Å². The standard InChI is InChI=1S/C12H19N3O2/c1-12(2)5-4-8(6-12)15-10-9(17-3)11(16)14-7-13-10/h7-8H,4-6H2,1-3H3,(H2,13,14,15,16). The lowest BCUT2D eigenvalue weighted by molar-refractivity contribution is 0.377. The molecule has 0 radical (unpaired) electrons. The lowest BCUT2D eigenvalue weighted by Crippen LogP contribution is -2.21. The molecular weight excluding hydrogens is 218 g/mol. The Bertz CT molecular complexity index is 453. The highest BCUT2D eigenvalue weighted by atomic mass is 16.5. The van der Waals surface area contributed by atoms with E-state index in [2.05, 4.69) is 29.1 Å². The predicted molar refractivity (Wildman–Crippen MR) is 66.5 cm³/mol. The third-order valence-corrected chi connectivity index (χ3v) is 3.32. The second-order valence-electron chi connectivity index (χ2n) is 5.36. The Balaban J connectivity index is 2.15. The number of hydrogen-bond donors (Lipinski definition) is 2. The number of ether oxygens (including phenoxy) is 1. The van der Waals surface area contributed by atoms with Gasteiger partial charge in [0.2, 0.25) is 5.75 Å². The summed E-state index contributed by atoms with van der Waals surface area (Å²) in [6, 6.07) is 0.369. The number of anilines is 1. The highest BCUT2D eigenvalue weighted by Crippen LogP contribution is 2.38. The van der Waals surface area contributed by atoms with E-state index >= 15 is 0 Å². The Kier molecular flexibility index (Phi) is 3.09. The first-order valence-electron chi connectivity index (χ1n) is 5.90. The number of methoxy groups -OCH3 is 1. The zero-order valence-corrected chi connectivity index (χ0v) is 10.5. The van der Waals surface area contributed by atoms with Gasteiger partial charge in [0.25, 0.3) is 5.56 Å². The SMILES string of the molecule is COc1c(NC2CCC(C)(C)C2)nc[nH]c1=O. The molecule has 1 unspecified atom stereocenters. The summed E-state index contributed by atoms with van der Waals surface area (Å²) in [6.07, 6.45) is 4.78. The summed E-state index contributed by atoms with van der Waals surface area (Å²) in [5.74, 6) is 0.802. The topological polar surface area (TPSA) is 67.0 Å². The Morgan fingerprint density at radius 1 is 1.59 bits per heavy atom. The summed E-state index contributed by atoms with van der Waals surface area (Å²) >= 11 is 0. The van der Waals surface area contributed by atoms with Crippen LogP contribution in [0, 0.1) is 5.41 Å². The van der Waals surface area contributed by atoms with Gasteiger partial charge in [-0.2, -0.15) is 0 Å². The van der Waals surface area contributed by atoms with E-state index in [4.69, 9.17) is 4.74 Å². The van der Waals surface area contributed by atoms with Crippen LogP contribution in [-0.2, 0) is 0 Å². The maximum Gasteiger partial charge on any atom is 0.295 e. The summed E-state index contributed by atoms with van der Waals surface area (Å²) in [7, 11) is 1.48. The van der Waals surface area contributed by atoms with Crippen molar-refractivity contribution in [3.8, 4) is 5.75 Å². The van der Waals surface area contributed by atoms with E-state index in [1.165, 1.54) is 19.9 Å². The molecule has 2 rings (SSSR count). The molecule has 0 amide bonds. The van der Waals surface area contributed by atoms with Crippen LogP contribution in [0.5, 0.6) is 5.75 Å². The highest BCUT2D eigenvalue weighted by molar-refractivity contribution is 5.48. The van der Waals surface area contributed by atoms with Crippen molar-refractivity contribution in [3.63, 3.8) is 0 Å². The van der Waals surface area contributed by atoms with Crippen LogP contribution in [0.2, 0.25) is 0 Å². The van der Waals surface area contributed by atoms with Crippen molar-refractivity contribution in [2.45, 2.75) is 39.2 Å². The van der Waals surface area contributed by atoms with Gasteiger partial charge >= 0.3 is 0 Å². The Morgan fingerprint density at radius 3 is 2.94 bits per heavy atom. The molecule has 94 valence electrons. The van der Waals surface area contributed by atoms with Gasteiger partial charge in [-0.15, -0.1) is 0 Å². The fourth-order valence-corrected chi connectivity index (χ4v) is 2.43. The van der Waals surface area contributed by atoms with Crippen LogP contribution in [0.25, 0.3) is 0 Å². The highest BCUT2D eigenvalue weighted by Gasteiger charge is 2.31. The number of nitrogens with zero attached hydrogens (tertiary/aromatic N) is 1. The quantitative estimate of drug-likeness (QED) is 0.840. The molecule has 1 heterocycles. The van der Waals surface area contributed by atoms with E-state index in [0.29, 0.717) is 17.3 Å². The van der Waals surface area contributed by atoms with Crippen LogP contribution in [0.4, 0.5) is 5.82 Å². The van der Waals surface area contributed by atoms with Gasteiger partial charge in [-0.3, -0.25) is 4.79 Å². The van der Waals surface area contributed by atoms with Crippen LogP contribution in [0.3, 0.4) is 0 Å². The largest absolute Gasteiger partial charge is 0.489 e. The van der Waals surface area contributed by atoms with Crippen molar-refractivity contribution in [1.29, 1.82) is 0 Å². The molecule has 1 aliphatic rings. The van der Waals surface area contributed by atoms with E-state index in [1.807, 2.05) is 0 Å². The third-order valence-electron chi connectivity index (χ3n) is 3.32. The summed E-state index contributed by atoms with van der Waals surface area (Å²) in [5, 5.41) is 3.30. The number of rotatable bonds is 3. The first-order valence-corrected chi connectivity index (χ1v) is 5.90. The number of nitrogens with one attached hydrogen (secondary N) is 2. The Morgan fingerprint density at radius 2 is 2.35 bits per heavy atom. The molecular formula is C12H19N3O2. The van der Waals surface area contributed by atoms with Crippen molar-refractivity contribution < 1.29 is 4.74 Å².